The van der Waals surface area contributed by atoms with Gasteiger partial charge in [-0.3, -0.25) is 24.8 Å². The zero-order valence-corrected chi connectivity index (χ0v) is 23.1. The van der Waals surface area contributed by atoms with Crippen molar-refractivity contribution in [1.29, 1.82) is 5.26 Å². The van der Waals surface area contributed by atoms with E-state index in [0.29, 0.717) is 55.5 Å². The number of likely N-dealkylation sites (tertiary alicyclic amines) is 1. The zero-order chi connectivity index (χ0) is 29.2. The first-order valence-corrected chi connectivity index (χ1v) is 14.0. The summed E-state index contributed by atoms with van der Waals surface area (Å²) in [4.78, 5) is 30.5. The van der Waals surface area contributed by atoms with Gasteiger partial charge in [-0.25, -0.2) is 8.78 Å². The first kappa shape index (κ1) is 27.4. The summed E-state index contributed by atoms with van der Waals surface area (Å²) in [6.45, 7) is 5.18. The maximum atomic E-state index is 16.2. The summed E-state index contributed by atoms with van der Waals surface area (Å²) in [6, 6.07) is 12.2. The average molecular weight is 559 g/mol. The van der Waals surface area contributed by atoms with E-state index in [9.17, 15) is 24.3 Å². The van der Waals surface area contributed by atoms with E-state index in [-0.39, 0.29) is 35.5 Å². The number of aliphatic hydroxyl groups is 1. The van der Waals surface area contributed by atoms with E-state index in [4.69, 9.17) is 0 Å². The van der Waals surface area contributed by atoms with Crippen molar-refractivity contribution in [2.24, 2.45) is 5.41 Å². The van der Waals surface area contributed by atoms with E-state index in [1.54, 1.807) is 30.5 Å². The van der Waals surface area contributed by atoms with Crippen LogP contribution >= 0.6 is 0 Å². The van der Waals surface area contributed by atoms with Crippen LogP contribution in [0, 0.1) is 28.4 Å². The van der Waals surface area contributed by atoms with Crippen LogP contribution in [0.1, 0.15) is 74.1 Å². The molecular weight excluding hydrogens is 526 g/mol. The predicted molar refractivity (Wildman–Crippen MR) is 147 cm³/mol. The molecule has 0 unspecified atom stereocenters. The number of aromatic nitrogens is 1. The van der Waals surface area contributed by atoms with Crippen LogP contribution in [0.4, 0.5) is 8.78 Å². The van der Waals surface area contributed by atoms with Gasteiger partial charge in [-0.1, -0.05) is 32.0 Å². The molecule has 3 aliphatic rings. The first-order valence-electron chi connectivity index (χ1n) is 14.0. The van der Waals surface area contributed by atoms with Gasteiger partial charge < -0.3 is 5.11 Å². The smallest absolute Gasteiger partial charge is 0.234 e. The molecule has 2 saturated heterocycles. The molecule has 3 heterocycles. The van der Waals surface area contributed by atoms with Gasteiger partial charge in [-0.05, 0) is 55.0 Å². The van der Waals surface area contributed by atoms with Crippen LogP contribution in [0.5, 0.6) is 0 Å². The van der Waals surface area contributed by atoms with Crippen molar-refractivity contribution in [1.82, 2.24) is 15.2 Å². The summed E-state index contributed by atoms with van der Waals surface area (Å²) in [5, 5.41) is 24.0. The second kappa shape index (κ2) is 9.68. The van der Waals surface area contributed by atoms with E-state index < -0.39 is 34.1 Å². The maximum absolute atomic E-state index is 16.2. The number of rotatable bonds is 5. The Kier molecular flexibility index (Phi) is 6.47. The molecule has 41 heavy (non-hydrogen) atoms. The number of pyridine rings is 1. The Morgan fingerprint density at radius 1 is 1.12 bits per heavy atom. The number of imide groups is 1. The Morgan fingerprint density at radius 2 is 1.88 bits per heavy atom. The lowest BCUT2D eigenvalue weighted by molar-refractivity contribution is -0.134. The molecule has 2 N–H and O–H groups in total. The van der Waals surface area contributed by atoms with Crippen molar-refractivity contribution in [3.63, 3.8) is 0 Å². The maximum Gasteiger partial charge on any atom is 0.234 e. The molecular formula is C32H32F2N4O3. The highest BCUT2D eigenvalue weighted by molar-refractivity contribution is 6.01. The Morgan fingerprint density at radius 3 is 2.54 bits per heavy atom. The SMILES string of the molecule is CC1(C)CN(Cc2ccc(C3(C#N)CC3)c(F)c2)CC[C@@]1(O)c1ccc2ncc([C@@H]3CCC(=O)NC3=O)cc2c1F. The van der Waals surface area contributed by atoms with Gasteiger partial charge in [0.05, 0.1) is 28.5 Å². The number of amides is 2. The topological polar surface area (TPSA) is 106 Å². The summed E-state index contributed by atoms with van der Waals surface area (Å²) >= 11 is 0. The van der Waals surface area contributed by atoms with Gasteiger partial charge in [0, 0.05) is 54.2 Å². The van der Waals surface area contributed by atoms with Gasteiger partial charge in [0.15, 0.2) is 0 Å². The average Bonchev–Trinajstić information content (AvgIpc) is 3.72. The molecule has 0 spiro atoms. The molecule has 2 atom stereocenters. The minimum Gasteiger partial charge on any atom is -0.384 e. The lowest BCUT2D eigenvalue weighted by Gasteiger charge is -2.50. The Hall–Kier alpha value is -3.74. The third kappa shape index (κ3) is 4.59. The fraction of sp³-hybridized carbons (Fsp3) is 0.438. The number of benzene rings is 2. The molecule has 0 bridgehead atoms. The Bertz CT molecular complexity index is 1630. The molecule has 212 valence electrons. The van der Waals surface area contributed by atoms with Crippen LogP contribution in [0.3, 0.4) is 0 Å². The molecule has 3 aromatic rings. The summed E-state index contributed by atoms with van der Waals surface area (Å²) in [5.41, 5.74) is -0.564. The van der Waals surface area contributed by atoms with E-state index in [1.165, 1.54) is 6.07 Å². The van der Waals surface area contributed by atoms with E-state index in [2.05, 4.69) is 21.3 Å². The Balaban J connectivity index is 1.24. The van der Waals surface area contributed by atoms with Gasteiger partial charge in [0.1, 0.15) is 11.6 Å². The van der Waals surface area contributed by atoms with Crippen molar-refractivity contribution >= 4 is 22.7 Å². The molecule has 1 saturated carbocycles. The van der Waals surface area contributed by atoms with E-state index >= 15 is 4.39 Å². The van der Waals surface area contributed by atoms with Crippen LogP contribution in [0.25, 0.3) is 10.9 Å². The zero-order valence-electron chi connectivity index (χ0n) is 23.1. The van der Waals surface area contributed by atoms with Gasteiger partial charge >= 0.3 is 0 Å². The van der Waals surface area contributed by atoms with Crippen LogP contribution in [0.2, 0.25) is 0 Å². The van der Waals surface area contributed by atoms with Crippen molar-refractivity contribution in [2.75, 3.05) is 13.1 Å². The van der Waals surface area contributed by atoms with Crippen LogP contribution in [-0.4, -0.2) is 39.9 Å². The van der Waals surface area contributed by atoms with Crippen molar-refractivity contribution < 1.29 is 23.5 Å². The summed E-state index contributed by atoms with van der Waals surface area (Å²) in [5.74, 6) is -2.27. The number of nitrogens with one attached hydrogen (secondary N) is 1. The standard InChI is InChI=1S/C32H32F2N4O3/c1-30(2)18-38(16-19-3-5-23(25(33)13-19)31(17-35)9-10-31)12-11-32(30,41)24-6-7-26-22(28(24)34)14-20(15-36-26)21-4-8-27(39)37-29(21)40/h3,5-7,13-15,21,41H,4,8-12,16,18H2,1-2H3,(H,37,39,40)/t21-,32+/m0/s1. The predicted octanol–water partition coefficient (Wildman–Crippen LogP) is 4.71. The minimum absolute atomic E-state index is 0.179. The molecule has 2 aromatic carbocycles. The second-order valence-electron chi connectivity index (χ2n) is 12.5. The van der Waals surface area contributed by atoms with Crippen LogP contribution in [-0.2, 0) is 27.1 Å². The molecule has 6 rings (SSSR count). The molecule has 3 fully saturated rings. The van der Waals surface area contributed by atoms with Crippen LogP contribution in [0.15, 0.2) is 42.6 Å². The number of carbonyl (C=O) groups excluding carboxylic acids is 2. The highest BCUT2D eigenvalue weighted by atomic mass is 19.1. The molecule has 1 aliphatic carbocycles. The number of hydrogen-bond acceptors (Lipinski definition) is 6. The lowest BCUT2D eigenvalue weighted by Crippen LogP contribution is -2.55. The third-order valence-corrected chi connectivity index (χ3v) is 9.36. The van der Waals surface area contributed by atoms with Gasteiger partial charge in [0.2, 0.25) is 11.8 Å². The van der Waals surface area contributed by atoms with Crippen molar-refractivity contribution in [3.05, 3.63) is 76.5 Å². The number of hydrogen-bond donors (Lipinski definition) is 2. The van der Waals surface area contributed by atoms with Gasteiger partial charge in [-0.15, -0.1) is 0 Å². The molecule has 7 nitrogen and oxygen atoms in total. The first-order chi connectivity index (χ1) is 19.5. The highest BCUT2D eigenvalue weighted by Gasteiger charge is 2.50. The van der Waals surface area contributed by atoms with Crippen molar-refractivity contribution in [2.45, 2.75) is 69.4 Å². The van der Waals surface area contributed by atoms with Gasteiger partial charge in [0.25, 0.3) is 0 Å². The molecule has 1 aromatic heterocycles. The fourth-order valence-corrected chi connectivity index (χ4v) is 6.63. The quantitative estimate of drug-likeness (QED) is 0.440. The number of piperidine rings is 2. The number of fused-ring (bicyclic) bond motifs is 1. The monoisotopic (exact) mass is 558 g/mol. The lowest BCUT2D eigenvalue weighted by atomic mass is 9.66. The van der Waals surface area contributed by atoms with Gasteiger partial charge in [-0.2, -0.15) is 5.26 Å². The largest absolute Gasteiger partial charge is 0.384 e. The molecule has 2 amide bonds. The van der Waals surface area contributed by atoms with Crippen molar-refractivity contribution in [3.8, 4) is 6.07 Å². The molecule has 9 heteroatoms. The summed E-state index contributed by atoms with van der Waals surface area (Å²) in [7, 11) is 0. The third-order valence-electron chi connectivity index (χ3n) is 9.36. The van der Waals surface area contributed by atoms with Crippen LogP contribution < -0.4 is 5.32 Å². The Labute approximate surface area is 237 Å². The number of carbonyl (C=O) groups is 2. The number of nitriles is 1. The normalized spacial score (nSPS) is 25.5. The number of nitrogens with zero attached hydrogens (tertiary/aromatic N) is 3. The van der Waals surface area contributed by atoms with E-state index in [0.717, 1.165) is 5.56 Å². The summed E-state index contributed by atoms with van der Waals surface area (Å²) < 4.78 is 31.1. The molecule has 0 radical (unpaired) electrons. The highest BCUT2D eigenvalue weighted by Crippen LogP contribution is 2.49. The second-order valence-corrected chi connectivity index (χ2v) is 12.5. The minimum atomic E-state index is -1.48. The number of halogens is 2. The fourth-order valence-electron chi connectivity index (χ4n) is 6.63. The van der Waals surface area contributed by atoms with E-state index in [1.807, 2.05) is 19.9 Å². The molecule has 2 aliphatic heterocycles. The summed E-state index contributed by atoms with van der Waals surface area (Å²) in [6.07, 6.45) is 3.70.